The molecule has 6 heteroatoms. The molecule has 0 saturated carbocycles. The highest BCUT2D eigenvalue weighted by Crippen LogP contribution is 2.39. The smallest absolute Gasteiger partial charge is 0.153 e. The van der Waals surface area contributed by atoms with E-state index in [1.807, 2.05) is 19.1 Å². The van der Waals surface area contributed by atoms with Crippen LogP contribution in [0.2, 0.25) is 10.0 Å². The molecule has 0 radical (unpaired) electrons. The van der Waals surface area contributed by atoms with E-state index >= 15 is 0 Å². The maximum Gasteiger partial charge on any atom is 0.153 e. The van der Waals surface area contributed by atoms with E-state index in [0.717, 1.165) is 27.9 Å². The number of halogens is 2. The first-order valence-electron chi connectivity index (χ1n) is 6.27. The van der Waals surface area contributed by atoms with Gasteiger partial charge >= 0.3 is 0 Å². The molecule has 3 aromatic rings. The second-order valence-electron chi connectivity index (χ2n) is 4.73. The van der Waals surface area contributed by atoms with E-state index in [1.165, 1.54) is 0 Å². The molecule has 0 fully saturated rings. The molecule has 0 saturated heterocycles. The van der Waals surface area contributed by atoms with Crippen LogP contribution in [-0.2, 0) is 0 Å². The lowest BCUT2D eigenvalue weighted by atomic mass is 10.0. The third-order valence-corrected chi connectivity index (χ3v) is 3.71. The van der Waals surface area contributed by atoms with Gasteiger partial charge in [0.05, 0.1) is 16.3 Å². The number of anilines is 1. The molecule has 0 bridgehead atoms. The van der Waals surface area contributed by atoms with Crippen LogP contribution < -0.4 is 5.73 Å². The Morgan fingerprint density at radius 3 is 2.67 bits per heavy atom. The molecule has 0 amide bonds. The largest absolute Gasteiger partial charge is 0.382 e. The van der Waals surface area contributed by atoms with Crippen LogP contribution >= 0.6 is 23.2 Å². The fourth-order valence-electron chi connectivity index (χ4n) is 2.22. The SMILES string of the molecule is Cc1cncc(-c2[nH]nc(N)c2-c2ccc(Cl)cc2Cl)c1. The number of nitrogens with zero attached hydrogens (tertiary/aromatic N) is 2. The average molecular weight is 319 g/mol. The predicted octanol–water partition coefficient (Wildman–Crippen LogP) is 4.34. The van der Waals surface area contributed by atoms with E-state index in [9.17, 15) is 0 Å². The molecule has 0 spiro atoms. The van der Waals surface area contributed by atoms with Crippen LogP contribution in [0.4, 0.5) is 5.82 Å². The summed E-state index contributed by atoms with van der Waals surface area (Å²) in [6, 6.07) is 7.29. The van der Waals surface area contributed by atoms with E-state index in [-0.39, 0.29) is 0 Å². The van der Waals surface area contributed by atoms with Gasteiger partial charge in [-0.25, -0.2) is 0 Å². The molecule has 0 unspecified atom stereocenters. The molecular formula is C15H12Cl2N4. The Labute approximate surface area is 131 Å². The summed E-state index contributed by atoms with van der Waals surface area (Å²) < 4.78 is 0. The summed E-state index contributed by atoms with van der Waals surface area (Å²) in [6.07, 6.45) is 3.55. The van der Waals surface area contributed by atoms with E-state index in [1.54, 1.807) is 24.5 Å². The molecule has 4 nitrogen and oxygen atoms in total. The Morgan fingerprint density at radius 2 is 1.95 bits per heavy atom. The van der Waals surface area contributed by atoms with Gasteiger partial charge in [-0.05, 0) is 30.7 Å². The topological polar surface area (TPSA) is 67.6 Å². The summed E-state index contributed by atoms with van der Waals surface area (Å²) in [4.78, 5) is 4.20. The zero-order chi connectivity index (χ0) is 15.0. The van der Waals surface area contributed by atoms with Gasteiger partial charge in [0, 0.05) is 28.5 Å². The molecule has 2 aromatic heterocycles. The maximum atomic E-state index is 6.29. The number of aromatic amines is 1. The van der Waals surface area contributed by atoms with Crippen molar-refractivity contribution in [2.75, 3.05) is 5.73 Å². The Balaban J connectivity index is 2.22. The molecule has 21 heavy (non-hydrogen) atoms. The normalized spacial score (nSPS) is 10.8. The quantitative estimate of drug-likeness (QED) is 0.738. The van der Waals surface area contributed by atoms with Gasteiger partial charge in [0.15, 0.2) is 5.82 Å². The number of nitrogen functional groups attached to an aromatic ring is 1. The summed E-state index contributed by atoms with van der Waals surface area (Å²) >= 11 is 12.2. The van der Waals surface area contributed by atoms with Crippen LogP contribution in [0.3, 0.4) is 0 Å². The number of H-pyrrole nitrogens is 1. The van der Waals surface area contributed by atoms with E-state index in [0.29, 0.717) is 15.9 Å². The molecule has 2 heterocycles. The van der Waals surface area contributed by atoms with Crippen molar-refractivity contribution in [1.82, 2.24) is 15.2 Å². The van der Waals surface area contributed by atoms with Gasteiger partial charge in [-0.1, -0.05) is 29.3 Å². The number of hydrogen-bond acceptors (Lipinski definition) is 3. The number of aromatic nitrogens is 3. The summed E-state index contributed by atoms with van der Waals surface area (Å²) in [5, 5.41) is 8.15. The van der Waals surface area contributed by atoms with Crippen molar-refractivity contribution in [2.45, 2.75) is 6.92 Å². The minimum atomic E-state index is 0.385. The molecule has 0 aliphatic heterocycles. The second kappa shape index (κ2) is 5.39. The zero-order valence-electron chi connectivity index (χ0n) is 11.2. The minimum Gasteiger partial charge on any atom is -0.382 e. The number of nitrogens with two attached hydrogens (primary N) is 1. The summed E-state index contributed by atoms with van der Waals surface area (Å²) in [5.41, 5.74) is 10.3. The maximum absolute atomic E-state index is 6.29. The molecule has 0 aliphatic rings. The first-order valence-corrected chi connectivity index (χ1v) is 7.03. The van der Waals surface area contributed by atoms with Crippen molar-refractivity contribution in [3.8, 4) is 22.4 Å². The Hall–Kier alpha value is -2.04. The van der Waals surface area contributed by atoms with Gasteiger partial charge in [0.25, 0.3) is 0 Å². The number of aryl methyl sites for hydroxylation is 1. The molecule has 0 atom stereocenters. The Kier molecular flexibility index (Phi) is 3.57. The van der Waals surface area contributed by atoms with Crippen molar-refractivity contribution in [3.63, 3.8) is 0 Å². The lowest BCUT2D eigenvalue weighted by molar-refractivity contribution is 1.10. The lowest BCUT2D eigenvalue weighted by Crippen LogP contribution is -1.90. The third-order valence-electron chi connectivity index (χ3n) is 3.16. The van der Waals surface area contributed by atoms with Crippen molar-refractivity contribution in [3.05, 3.63) is 52.3 Å². The van der Waals surface area contributed by atoms with E-state index in [2.05, 4.69) is 15.2 Å². The van der Waals surface area contributed by atoms with Crippen LogP contribution in [0, 0.1) is 6.92 Å². The third kappa shape index (κ3) is 2.60. The summed E-state index contributed by atoms with van der Waals surface area (Å²) in [5.74, 6) is 0.385. The highest BCUT2D eigenvalue weighted by atomic mass is 35.5. The zero-order valence-corrected chi connectivity index (χ0v) is 12.7. The number of pyridine rings is 1. The first-order chi connectivity index (χ1) is 10.1. The van der Waals surface area contributed by atoms with Crippen molar-refractivity contribution in [1.29, 1.82) is 0 Å². The lowest BCUT2D eigenvalue weighted by Gasteiger charge is -2.07. The van der Waals surface area contributed by atoms with E-state index < -0.39 is 0 Å². The fraction of sp³-hybridized carbons (Fsp3) is 0.0667. The van der Waals surface area contributed by atoms with Crippen LogP contribution in [-0.4, -0.2) is 15.2 Å². The molecule has 0 aliphatic carbocycles. The molecule has 3 rings (SSSR count). The van der Waals surface area contributed by atoms with E-state index in [4.69, 9.17) is 28.9 Å². The number of hydrogen-bond donors (Lipinski definition) is 2. The predicted molar refractivity (Wildman–Crippen MR) is 86.4 cm³/mol. The molecule has 1 aromatic carbocycles. The average Bonchev–Trinajstić information content (AvgIpc) is 2.81. The number of nitrogens with one attached hydrogen (secondary N) is 1. The first kappa shape index (κ1) is 13.9. The van der Waals surface area contributed by atoms with Crippen molar-refractivity contribution in [2.24, 2.45) is 0 Å². The number of rotatable bonds is 2. The van der Waals surface area contributed by atoms with Crippen molar-refractivity contribution >= 4 is 29.0 Å². The van der Waals surface area contributed by atoms with Crippen molar-refractivity contribution < 1.29 is 0 Å². The van der Waals surface area contributed by atoms with Gasteiger partial charge in [0.1, 0.15) is 0 Å². The van der Waals surface area contributed by atoms with Crippen LogP contribution in [0.1, 0.15) is 5.56 Å². The fourth-order valence-corrected chi connectivity index (χ4v) is 2.72. The van der Waals surface area contributed by atoms with Crippen LogP contribution in [0.15, 0.2) is 36.7 Å². The van der Waals surface area contributed by atoms with Crippen LogP contribution in [0.5, 0.6) is 0 Å². The summed E-state index contributed by atoms with van der Waals surface area (Å²) in [7, 11) is 0. The molecule has 106 valence electrons. The van der Waals surface area contributed by atoms with Gasteiger partial charge in [-0.3, -0.25) is 10.1 Å². The molecule has 3 N–H and O–H groups in total. The van der Waals surface area contributed by atoms with Gasteiger partial charge in [0.2, 0.25) is 0 Å². The monoisotopic (exact) mass is 318 g/mol. The second-order valence-corrected chi connectivity index (χ2v) is 5.58. The highest BCUT2D eigenvalue weighted by molar-refractivity contribution is 6.36. The van der Waals surface area contributed by atoms with Gasteiger partial charge < -0.3 is 5.73 Å². The Morgan fingerprint density at radius 1 is 1.14 bits per heavy atom. The highest BCUT2D eigenvalue weighted by Gasteiger charge is 2.17. The minimum absolute atomic E-state index is 0.385. The van der Waals surface area contributed by atoms with Gasteiger partial charge in [-0.15, -0.1) is 0 Å². The van der Waals surface area contributed by atoms with Gasteiger partial charge in [-0.2, -0.15) is 5.10 Å². The standard InChI is InChI=1S/C15H12Cl2N4/c1-8-4-9(7-19-6-8)14-13(15(18)21-20-14)11-3-2-10(16)5-12(11)17/h2-7H,1H3,(H3,18,20,21). The van der Waals surface area contributed by atoms with Crippen LogP contribution in [0.25, 0.3) is 22.4 Å². The summed E-state index contributed by atoms with van der Waals surface area (Å²) in [6.45, 7) is 1.98. The molecular weight excluding hydrogens is 307 g/mol. The number of benzene rings is 1. The Bertz CT molecular complexity index is 811.